The van der Waals surface area contributed by atoms with E-state index in [0.29, 0.717) is 23.7 Å². The fraction of sp³-hybridized carbons (Fsp3) is 0.917. The van der Waals surface area contributed by atoms with Gasteiger partial charge in [-0.2, -0.15) is 0 Å². The van der Waals surface area contributed by atoms with Crippen molar-refractivity contribution in [3.05, 3.63) is 0 Å². The lowest BCUT2D eigenvalue weighted by Crippen LogP contribution is -2.40. The normalized spacial score (nSPS) is 32.1. The summed E-state index contributed by atoms with van der Waals surface area (Å²) in [7, 11) is 2.16. The van der Waals surface area contributed by atoms with Gasteiger partial charge in [-0.25, -0.2) is 0 Å². The summed E-state index contributed by atoms with van der Waals surface area (Å²) >= 11 is 0. The molecule has 2 fully saturated rings. The molecule has 1 heterocycles. The molecule has 86 valence electrons. The first-order chi connectivity index (χ1) is 7.16. The van der Waals surface area contributed by atoms with Gasteiger partial charge in [0.05, 0.1) is 0 Å². The van der Waals surface area contributed by atoms with E-state index in [2.05, 4.69) is 11.9 Å². The van der Waals surface area contributed by atoms with Gasteiger partial charge in [-0.05, 0) is 44.7 Å². The summed E-state index contributed by atoms with van der Waals surface area (Å²) in [6.45, 7) is 2.33. The molecule has 1 saturated carbocycles. The average Bonchev–Trinajstić information content (AvgIpc) is 2.65. The molecule has 3 heteroatoms. The smallest absolute Gasteiger partial charge is 0.132 e. The van der Waals surface area contributed by atoms with Crippen LogP contribution >= 0.6 is 0 Å². The number of hydrogen-bond acceptors (Lipinski definition) is 3. The molecule has 2 rings (SSSR count). The van der Waals surface area contributed by atoms with Crippen LogP contribution in [0.5, 0.6) is 0 Å². The SMILES string of the molecule is CN1CCC(C(N)C2CCC(=O)CC2)C1. The molecule has 15 heavy (non-hydrogen) atoms. The Bertz CT molecular complexity index is 232. The number of carbonyl (C=O) groups is 1. The van der Waals surface area contributed by atoms with E-state index in [0.717, 1.165) is 32.2 Å². The second kappa shape index (κ2) is 4.62. The molecule has 0 aromatic rings. The van der Waals surface area contributed by atoms with Crippen molar-refractivity contribution in [2.75, 3.05) is 20.1 Å². The van der Waals surface area contributed by atoms with Crippen LogP contribution in [0.25, 0.3) is 0 Å². The van der Waals surface area contributed by atoms with Gasteiger partial charge in [-0.15, -0.1) is 0 Å². The topological polar surface area (TPSA) is 46.3 Å². The van der Waals surface area contributed by atoms with Crippen LogP contribution in [0.2, 0.25) is 0 Å². The van der Waals surface area contributed by atoms with E-state index in [4.69, 9.17) is 5.73 Å². The van der Waals surface area contributed by atoms with E-state index in [9.17, 15) is 4.79 Å². The zero-order valence-corrected chi connectivity index (χ0v) is 9.61. The van der Waals surface area contributed by atoms with Gasteiger partial charge in [0.15, 0.2) is 0 Å². The quantitative estimate of drug-likeness (QED) is 0.740. The summed E-state index contributed by atoms with van der Waals surface area (Å²) in [4.78, 5) is 13.5. The van der Waals surface area contributed by atoms with E-state index >= 15 is 0 Å². The molecule has 2 unspecified atom stereocenters. The van der Waals surface area contributed by atoms with E-state index in [1.54, 1.807) is 0 Å². The zero-order valence-electron chi connectivity index (χ0n) is 9.61. The summed E-state index contributed by atoms with van der Waals surface area (Å²) < 4.78 is 0. The summed E-state index contributed by atoms with van der Waals surface area (Å²) in [5.74, 6) is 1.69. The van der Waals surface area contributed by atoms with Gasteiger partial charge in [-0.1, -0.05) is 0 Å². The minimum absolute atomic E-state index is 0.322. The van der Waals surface area contributed by atoms with Crippen molar-refractivity contribution >= 4 is 5.78 Å². The number of ketones is 1. The van der Waals surface area contributed by atoms with Crippen molar-refractivity contribution in [1.82, 2.24) is 4.90 Å². The van der Waals surface area contributed by atoms with Crippen LogP contribution in [-0.2, 0) is 4.79 Å². The Morgan fingerprint density at radius 2 is 1.93 bits per heavy atom. The first-order valence-corrected chi connectivity index (χ1v) is 6.12. The molecule has 3 nitrogen and oxygen atoms in total. The average molecular weight is 210 g/mol. The number of nitrogens with zero attached hydrogens (tertiary/aromatic N) is 1. The Balaban J connectivity index is 1.85. The fourth-order valence-electron chi connectivity index (χ4n) is 3.02. The second-order valence-corrected chi connectivity index (χ2v) is 5.26. The molecule has 1 saturated heterocycles. The molecular formula is C12H22N2O. The van der Waals surface area contributed by atoms with Gasteiger partial charge >= 0.3 is 0 Å². The highest BCUT2D eigenvalue weighted by atomic mass is 16.1. The molecule has 0 amide bonds. The van der Waals surface area contributed by atoms with Crippen molar-refractivity contribution in [2.45, 2.75) is 38.1 Å². The molecule has 0 radical (unpaired) electrons. The highest BCUT2D eigenvalue weighted by Gasteiger charge is 2.32. The molecule has 0 aromatic carbocycles. The van der Waals surface area contributed by atoms with E-state index < -0.39 is 0 Å². The van der Waals surface area contributed by atoms with Gasteiger partial charge < -0.3 is 10.6 Å². The van der Waals surface area contributed by atoms with Crippen molar-refractivity contribution in [3.63, 3.8) is 0 Å². The summed E-state index contributed by atoms with van der Waals surface area (Å²) in [5, 5.41) is 0. The third-order valence-corrected chi connectivity index (χ3v) is 4.10. The molecule has 0 spiro atoms. The van der Waals surface area contributed by atoms with Crippen molar-refractivity contribution in [1.29, 1.82) is 0 Å². The fourth-order valence-corrected chi connectivity index (χ4v) is 3.02. The maximum atomic E-state index is 11.2. The second-order valence-electron chi connectivity index (χ2n) is 5.26. The van der Waals surface area contributed by atoms with Crippen molar-refractivity contribution in [3.8, 4) is 0 Å². The number of nitrogens with two attached hydrogens (primary N) is 1. The maximum Gasteiger partial charge on any atom is 0.132 e. The third kappa shape index (κ3) is 2.58. The van der Waals surface area contributed by atoms with Crippen LogP contribution in [0, 0.1) is 11.8 Å². The van der Waals surface area contributed by atoms with Crippen LogP contribution in [0.1, 0.15) is 32.1 Å². The molecule has 0 bridgehead atoms. The zero-order chi connectivity index (χ0) is 10.8. The highest BCUT2D eigenvalue weighted by Crippen LogP contribution is 2.30. The molecular weight excluding hydrogens is 188 g/mol. The predicted octanol–water partition coefficient (Wildman–Crippen LogP) is 1.02. The first kappa shape index (κ1) is 11.1. The van der Waals surface area contributed by atoms with Crippen molar-refractivity contribution < 1.29 is 4.79 Å². The van der Waals surface area contributed by atoms with Crippen LogP contribution in [-0.4, -0.2) is 36.9 Å². The summed E-state index contributed by atoms with van der Waals surface area (Å²) in [6.07, 6.45) is 4.82. The number of likely N-dealkylation sites (tertiary alicyclic amines) is 1. The number of hydrogen-bond donors (Lipinski definition) is 1. The van der Waals surface area contributed by atoms with Crippen molar-refractivity contribution in [2.24, 2.45) is 17.6 Å². The monoisotopic (exact) mass is 210 g/mol. The van der Waals surface area contributed by atoms with Gasteiger partial charge in [0.2, 0.25) is 0 Å². The van der Waals surface area contributed by atoms with Crippen LogP contribution in [0.4, 0.5) is 0 Å². The lowest BCUT2D eigenvalue weighted by Gasteiger charge is -2.30. The lowest BCUT2D eigenvalue weighted by atomic mass is 9.78. The van der Waals surface area contributed by atoms with Crippen LogP contribution in [0.3, 0.4) is 0 Å². The Morgan fingerprint density at radius 3 is 2.47 bits per heavy atom. The number of Topliss-reactive ketones (excluding diaryl/α,β-unsaturated/α-hetero) is 1. The van der Waals surface area contributed by atoms with Gasteiger partial charge in [0.25, 0.3) is 0 Å². The first-order valence-electron chi connectivity index (χ1n) is 6.12. The molecule has 2 N–H and O–H groups in total. The standard InChI is InChI=1S/C12H22N2O/c1-14-7-6-10(8-14)12(13)9-2-4-11(15)5-3-9/h9-10,12H,2-8,13H2,1H3. The molecule has 2 aliphatic rings. The Kier molecular flexibility index (Phi) is 3.42. The Hall–Kier alpha value is -0.410. The highest BCUT2D eigenvalue weighted by molar-refractivity contribution is 5.79. The third-order valence-electron chi connectivity index (χ3n) is 4.10. The predicted molar refractivity (Wildman–Crippen MR) is 60.5 cm³/mol. The summed E-state index contributed by atoms with van der Waals surface area (Å²) in [5.41, 5.74) is 6.32. The van der Waals surface area contributed by atoms with E-state index in [1.165, 1.54) is 13.0 Å². The Morgan fingerprint density at radius 1 is 1.27 bits per heavy atom. The minimum Gasteiger partial charge on any atom is -0.327 e. The number of carbonyl (C=O) groups excluding carboxylic acids is 1. The van der Waals surface area contributed by atoms with Gasteiger partial charge in [0.1, 0.15) is 5.78 Å². The largest absolute Gasteiger partial charge is 0.327 e. The molecule has 1 aliphatic carbocycles. The minimum atomic E-state index is 0.322. The Labute approximate surface area is 92.0 Å². The molecule has 0 aromatic heterocycles. The summed E-state index contributed by atoms with van der Waals surface area (Å²) in [6, 6.07) is 0.322. The lowest BCUT2D eigenvalue weighted by molar-refractivity contribution is -0.121. The van der Waals surface area contributed by atoms with E-state index in [1.807, 2.05) is 0 Å². The van der Waals surface area contributed by atoms with Gasteiger partial charge in [0, 0.05) is 25.4 Å². The molecule has 1 aliphatic heterocycles. The van der Waals surface area contributed by atoms with E-state index in [-0.39, 0.29) is 0 Å². The number of rotatable bonds is 2. The van der Waals surface area contributed by atoms with Gasteiger partial charge in [-0.3, -0.25) is 4.79 Å². The molecule has 2 atom stereocenters. The maximum absolute atomic E-state index is 11.2. The van der Waals surface area contributed by atoms with Crippen LogP contribution < -0.4 is 5.73 Å². The van der Waals surface area contributed by atoms with Crippen LogP contribution in [0.15, 0.2) is 0 Å².